The van der Waals surface area contributed by atoms with Crippen molar-refractivity contribution in [1.82, 2.24) is 4.90 Å². The van der Waals surface area contributed by atoms with E-state index in [2.05, 4.69) is 18.7 Å². The Morgan fingerprint density at radius 3 is 2.40 bits per heavy atom. The summed E-state index contributed by atoms with van der Waals surface area (Å²) in [5, 5.41) is 0. The quantitative estimate of drug-likeness (QED) is 0.709. The number of nitrogens with zero attached hydrogens (tertiary/aromatic N) is 1. The molecule has 1 fully saturated rings. The second-order valence-corrected chi connectivity index (χ2v) is 3.92. The van der Waals surface area contributed by atoms with E-state index in [0.717, 1.165) is 26.2 Å². The number of hydrogen-bond acceptors (Lipinski definition) is 4. The molecule has 0 amide bonds. The summed E-state index contributed by atoms with van der Waals surface area (Å²) in [5.74, 6) is 0. The number of rotatable bonds is 5. The standard InChI is InChI=1S/C10H22N2O2.ClH/c1-9-7-12(8-10(2)14-9)4-6-13-5-3-11;/h9-10H,3-8,11H2,1-2H3;1H. The van der Waals surface area contributed by atoms with Gasteiger partial charge in [0.2, 0.25) is 0 Å². The summed E-state index contributed by atoms with van der Waals surface area (Å²) in [5.41, 5.74) is 5.33. The van der Waals surface area contributed by atoms with Crippen LogP contribution in [0.2, 0.25) is 0 Å². The third kappa shape index (κ3) is 6.33. The van der Waals surface area contributed by atoms with Gasteiger partial charge in [0.1, 0.15) is 0 Å². The van der Waals surface area contributed by atoms with Crippen molar-refractivity contribution in [3.8, 4) is 0 Å². The Morgan fingerprint density at radius 1 is 1.27 bits per heavy atom. The first-order valence-corrected chi connectivity index (χ1v) is 5.38. The minimum absolute atomic E-state index is 0. The third-order valence-electron chi connectivity index (χ3n) is 2.31. The van der Waals surface area contributed by atoms with E-state index in [4.69, 9.17) is 15.2 Å². The fourth-order valence-electron chi connectivity index (χ4n) is 1.85. The summed E-state index contributed by atoms with van der Waals surface area (Å²) in [6.45, 7) is 9.28. The molecule has 1 aliphatic rings. The molecular weight excluding hydrogens is 216 g/mol. The van der Waals surface area contributed by atoms with Crippen LogP contribution in [0, 0.1) is 0 Å². The van der Waals surface area contributed by atoms with Crippen molar-refractivity contribution in [2.24, 2.45) is 5.73 Å². The number of hydrogen-bond donors (Lipinski definition) is 1. The van der Waals surface area contributed by atoms with Gasteiger partial charge in [0, 0.05) is 26.2 Å². The Balaban J connectivity index is 0.00000196. The normalized spacial score (nSPS) is 27.4. The molecule has 0 aromatic heterocycles. The molecule has 0 aliphatic carbocycles. The number of ether oxygens (including phenoxy) is 2. The smallest absolute Gasteiger partial charge is 0.0678 e. The van der Waals surface area contributed by atoms with Crippen LogP contribution in [0.5, 0.6) is 0 Å². The minimum Gasteiger partial charge on any atom is -0.379 e. The van der Waals surface area contributed by atoms with Crippen LogP contribution in [0.15, 0.2) is 0 Å². The van der Waals surface area contributed by atoms with Crippen molar-refractivity contribution in [2.75, 3.05) is 39.4 Å². The topological polar surface area (TPSA) is 47.7 Å². The van der Waals surface area contributed by atoms with E-state index >= 15 is 0 Å². The predicted octanol–water partition coefficient (Wildman–Crippen LogP) is 0.493. The average molecular weight is 239 g/mol. The first kappa shape index (κ1) is 15.1. The second kappa shape index (κ2) is 8.30. The van der Waals surface area contributed by atoms with Crippen LogP contribution < -0.4 is 5.73 Å². The van der Waals surface area contributed by atoms with Crippen molar-refractivity contribution in [3.05, 3.63) is 0 Å². The van der Waals surface area contributed by atoms with E-state index < -0.39 is 0 Å². The van der Waals surface area contributed by atoms with E-state index in [-0.39, 0.29) is 12.4 Å². The van der Waals surface area contributed by atoms with Crippen LogP contribution in [0.4, 0.5) is 0 Å². The summed E-state index contributed by atoms with van der Waals surface area (Å²) in [6.07, 6.45) is 0.682. The van der Waals surface area contributed by atoms with Gasteiger partial charge >= 0.3 is 0 Å². The van der Waals surface area contributed by atoms with Crippen LogP contribution in [0.25, 0.3) is 0 Å². The van der Waals surface area contributed by atoms with E-state index in [1.807, 2.05) is 0 Å². The van der Waals surface area contributed by atoms with Crippen LogP contribution in [-0.2, 0) is 9.47 Å². The van der Waals surface area contributed by atoms with E-state index in [9.17, 15) is 0 Å². The van der Waals surface area contributed by atoms with Gasteiger partial charge in [-0.05, 0) is 13.8 Å². The molecule has 0 radical (unpaired) electrons. The zero-order valence-electron chi connectivity index (χ0n) is 9.65. The van der Waals surface area contributed by atoms with Crippen LogP contribution in [-0.4, -0.2) is 56.5 Å². The lowest BCUT2D eigenvalue weighted by atomic mass is 10.2. The molecule has 1 heterocycles. The average Bonchev–Trinajstić information content (AvgIpc) is 2.11. The molecule has 15 heavy (non-hydrogen) atoms. The molecule has 92 valence electrons. The van der Waals surface area contributed by atoms with Crippen molar-refractivity contribution in [3.63, 3.8) is 0 Å². The number of morpholine rings is 1. The molecule has 2 atom stereocenters. The summed E-state index contributed by atoms with van der Waals surface area (Å²) in [4.78, 5) is 2.38. The molecular formula is C10H23ClN2O2. The van der Waals surface area contributed by atoms with Gasteiger partial charge in [-0.2, -0.15) is 0 Å². The molecule has 2 N–H and O–H groups in total. The molecule has 4 nitrogen and oxygen atoms in total. The maximum atomic E-state index is 5.64. The maximum Gasteiger partial charge on any atom is 0.0678 e. The Labute approximate surface area is 98.5 Å². The van der Waals surface area contributed by atoms with E-state index in [1.54, 1.807) is 0 Å². The van der Waals surface area contributed by atoms with Gasteiger partial charge in [-0.25, -0.2) is 0 Å². The van der Waals surface area contributed by atoms with Crippen molar-refractivity contribution in [2.45, 2.75) is 26.1 Å². The number of nitrogens with two attached hydrogens (primary N) is 1. The zero-order valence-corrected chi connectivity index (χ0v) is 10.5. The first-order chi connectivity index (χ1) is 6.72. The lowest BCUT2D eigenvalue weighted by molar-refractivity contribution is -0.0728. The molecule has 0 aromatic carbocycles. The predicted molar refractivity (Wildman–Crippen MR) is 63.6 cm³/mol. The molecule has 1 aliphatic heterocycles. The molecule has 0 bridgehead atoms. The minimum atomic E-state index is 0. The zero-order chi connectivity index (χ0) is 10.4. The van der Waals surface area contributed by atoms with Gasteiger partial charge in [-0.3, -0.25) is 4.90 Å². The second-order valence-electron chi connectivity index (χ2n) is 3.92. The molecule has 1 saturated heterocycles. The molecule has 0 saturated carbocycles. The fraction of sp³-hybridized carbons (Fsp3) is 1.00. The van der Waals surface area contributed by atoms with Gasteiger partial charge in [-0.1, -0.05) is 0 Å². The third-order valence-corrected chi connectivity index (χ3v) is 2.31. The summed E-state index contributed by atoms with van der Waals surface area (Å²) in [6, 6.07) is 0. The van der Waals surface area contributed by atoms with Crippen molar-refractivity contribution < 1.29 is 9.47 Å². The summed E-state index contributed by atoms with van der Waals surface area (Å²) >= 11 is 0. The highest BCUT2D eigenvalue weighted by Gasteiger charge is 2.21. The van der Waals surface area contributed by atoms with E-state index in [0.29, 0.717) is 25.4 Å². The van der Waals surface area contributed by atoms with Gasteiger partial charge in [0.25, 0.3) is 0 Å². The van der Waals surface area contributed by atoms with Crippen LogP contribution in [0.3, 0.4) is 0 Å². The highest BCUT2D eigenvalue weighted by Crippen LogP contribution is 2.09. The Kier molecular flexibility index (Phi) is 8.37. The molecule has 5 heteroatoms. The lowest BCUT2D eigenvalue weighted by Crippen LogP contribution is -2.46. The largest absolute Gasteiger partial charge is 0.379 e. The Bertz CT molecular complexity index is 150. The van der Waals surface area contributed by atoms with Crippen molar-refractivity contribution >= 4 is 12.4 Å². The van der Waals surface area contributed by atoms with Gasteiger partial charge in [0.15, 0.2) is 0 Å². The van der Waals surface area contributed by atoms with Crippen LogP contribution in [0.1, 0.15) is 13.8 Å². The van der Waals surface area contributed by atoms with Crippen molar-refractivity contribution in [1.29, 1.82) is 0 Å². The first-order valence-electron chi connectivity index (χ1n) is 5.38. The highest BCUT2D eigenvalue weighted by atomic mass is 35.5. The van der Waals surface area contributed by atoms with Gasteiger partial charge < -0.3 is 15.2 Å². The monoisotopic (exact) mass is 238 g/mol. The Morgan fingerprint density at radius 2 is 1.87 bits per heavy atom. The summed E-state index contributed by atoms with van der Waals surface area (Å²) < 4.78 is 11.0. The van der Waals surface area contributed by atoms with Gasteiger partial charge in [0.05, 0.1) is 25.4 Å². The lowest BCUT2D eigenvalue weighted by Gasteiger charge is -2.35. The molecule has 1 rings (SSSR count). The maximum absolute atomic E-state index is 5.64. The van der Waals surface area contributed by atoms with Crippen LogP contribution >= 0.6 is 12.4 Å². The Hall–Kier alpha value is 0.130. The SMILES string of the molecule is CC1CN(CCOCCN)CC(C)O1.Cl. The van der Waals surface area contributed by atoms with E-state index in [1.165, 1.54) is 0 Å². The van der Waals surface area contributed by atoms with Gasteiger partial charge in [-0.15, -0.1) is 12.4 Å². The highest BCUT2D eigenvalue weighted by molar-refractivity contribution is 5.85. The molecule has 0 aromatic rings. The molecule has 0 spiro atoms. The summed E-state index contributed by atoms with van der Waals surface area (Å²) in [7, 11) is 0. The fourth-order valence-corrected chi connectivity index (χ4v) is 1.85. The number of halogens is 1. The molecule has 2 unspecified atom stereocenters.